The molecule has 2 heterocycles. The standard InChI is InChI=1S/C12H14N2.C8H12N2.2CH4/c1-9(2)13-12-8-7-10-5-3-4-6-11(10)14-12;1-7(2)10-8-5-3-4-6-9-8;;/h3-9H,1-2H3,(H,13,14);3-7H,1-2H3,(H,9,10);2*1H4. The van der Waals surface area contributed by atoms with Crippen molar-refractivity contribution < 1.29 is 0 Å². The molecule has 0 fully saturated rings. The third kappa shape index (κ3) is 7.97. The number of fused-ring (bicyclic) bond motifs is 1. The summed E-state index contributed by atoms with van der Waals surface area (Å²) in [5.41, 5.74) is 1.04. The third-order valence-corrected chi connectivity index (χ3v) is 3.14. The van der Waals surface area contributed by atoms with Gasteiger partial charge in [0.1, 0.15) is 11.6 Å². The van der Waals surface area contributed by atoms with E-state index in [1.165, 1.54) is 5.39 Å². The molecule has 0 spiro atoms. The Morgan fingerprint density at radius 1 is 0.692 bits per heavy atom. The molecule has 0 atom stereocenters. The zero-order valence-corrected chi connectivity index (χ0v) is 14.8. The summed E-state index contributed by atoms with van der Waals surface area (Å²) in [5, 5.41) is 7.66. The van der Waals surface area contributed by atoms with Crippen molar-refractivity contribution in [3.8, 4) is 0 Å². The number of hydrogen-bond donors (Lipinski definition) is 2. The summed E-state index contributed by atoms with van der Waals surface area (Å²) < 4.78 is 0. The molecule has 0 amide bonds. The molecule has 3 aromatic rings. The summed E-state index contributed by atoms with van der Waals surface area (Å²) in [6.07, 6.45) is 1.78. The van der Waals surface area contributed by atoms with Gasteiger partial charge in [-0.3, -0.25) is 0 Å². The largest absolute Gasteiger partial charge is 0.368 e. The maximum absolute atomic E-state index is 4.50. The van der Waals surface area contributed by atoms with Crippen LogP contribution in [0.3, 0.4) is 0 Å². The Morgan fingerprint density at radius 2 is 1.31 bits per heavy atom. The average molecular weight is 355 g/mol. The van der Waals surface area contributed by atoms with Gasteiger partial charge in [0.2, 0.25) is 0 Å². The number of nitrogens with one attached hydrogen (secondary N) is 2. The highest BCUT2D eigenvalue weighted by Gasteiger charge is 1.98. The number of anilines is 2. The van der Waals surface area contributed by atoms with Crippen LogP contribution in [0.15, 0.2) is 60.8 Å². The van der Waals surface area contributed by atoms with Gasteiger partial charge in [-0.05, 0) is 58.0 Å². The minimum atomic E-state index is 0. The van der Waals surface area contributed by atoms with E-state index in [4.69, 9.17) is 0 Å². The molecular weight excluding hydrogens is 320 g/mol. The molecule has 0 saturated carbocycles. The van der Waals surface area contributed by atoms with Gasteiger partial charge in [-0.25, -0.2) is 9.97 Å². The predicted molar refractivity (Wildman–Crippen MR) is 117 cm³/mol. The van der Waals surface area contributed by atoms with Crippen LogP contribution in [0.1, 0.15) is 42.5 Å². The minimum Gasteiger partial charge on any atom is -0.368 e. The normalized spacial score (nSPS) is 9.62. The first-order chi connectivity index (χ1) is 11.5. The Labute approximate surface area is 159 Å². The SMILES string of the molecule is C.C.CC(C)Nc1ccc2ccccc2n1.CC(C)Nc1ccccn1. The second-order valence-corrected chi connectivity index (χ2v) is 6.20. The molecule has 0 aliphatic carbocycles. The Bertz CT molecular complexity index is 739. The lowest BCUT2D eigenvalue weighted by Gasteiger charge is -2.09. The van der Waals surface area contributed by atoms with Gasteiger partial charge in [-0.1, -0.05) is 39.1 Å². The molecule has 2 N–H and O–H groups in total. The lowest BCUT2D eigenvalue weighted by atomic mass is 10.2. The highest BCUT2D eigenvalue weighted by atomic mass is 15.0. The predicted octanol–water partition coefficient (Wildman–Crippen LogP) is 6.23. The van der Waals surface area contributed by atoms with Crippen molar-refractivity contribution in [2.24, 2.45) is 0 Å². The lowest BCUT2D eigenvalue weighted by Crippen LogP contribution is -2.10. The molecule has 142 valence electrons. The molecule has 2 aromatic heterocycles. The minimum absolute atomic E-state index is 0. The molecule has 26 heavy (non-hydrogen) atoms. The topological polar surface area (TPSA) is 49.8 Å². The highest BCUT2D eigenvalue weighted by Crippen LogP contribution is 2.14. The second kappa shape index (κ2) is 11.9. The maximum atomic E-state index is 4.50. The van der Waals surface area contributed by atoms with Gasteiger partial charge in [0, 0.05) is 23.7 Å². The van der Waals surface area contributed by atoms with Crippen LogP contribution in [0.4, 0.5) is 11.6 Å². The van der Waals surface area contributed by atoms with Gasteiger partial charge in [-0.2, -0.15) is 0 Å². The molecule has 1 aromatic carbocycles. The molecule has 0 bridgehead atoms. The van der Waals surface area contributed by atoms with Crippen molar-refractivity contribution >= 4 is 22.5 Å². The summed E-state index contributed by atoms with van der Waals surface area (Å²) in [7, 11) is 0. The highest BCUT2D eigenvalue weighted by molar-refractivity contribution is 5.80. The van der Waals surface area contributed by atoms with Crippen molar-refractivity contribution in [2.45, 2.75) is 54.6 Å². The van der Waals surface area contributed by atoms with Crippen LogP contribution in [0.2, 0.25) is 0 Å². The summed E-state index contributed by atoms with van der Waals surface area (Å²) in [6.45, 7) is 8.40. The first kappa shape index (κ1) is 23.4. The van der Waals surface area contributed by atoms with E-state index in [2.05, 4.69) is 60.4 Å². The van der Waals surface area contributed by atoms with E-state index in [9.17, 15) is 0 Å². The molecule has 4 nitrogen and oxygen atoms in total. The van der Waals surface area contributed by atoms with Gasteiger partial charge in [0.25, 0.3) is 0 Å². The number of nitrogens with zero attached hydrogens (tertiary/aromatic N) is 2. The number of rotatable bonds is 4. The Morgan fingerprint density at radius 3 is 1.92 bits per heavy atom. The van der Waals surface area contributed by atoms with Crippen LogP contribution < -0.4 is 10.6 Å². The van der Waals surface area contributed by atoms with Crippen LogP contribution >= 0.6 is 0 Å². The monoisotopic (exact) mass is 354 g/mol. The molecule has 0 saturated heterocycles. The molecule has 0 aliphatic rings. The van der Waals surface area contributed by atoms with Gasteiger partial charge in [-0.15, -0.1) is 0 Å². The quantitative estimate of drug-likeness (QED) is 0.583. The van der Waals surface area contributed by atoms with Crippen LogP contribution in [0.25, 0.3) is 10.9 Å². The fourth-order valence-corrected chi connectivity index (χ4v) is 2.19. The molecular formula is C22H34N4. The Balaban J connectivity index is 0.000000469. The van der Waals surface area contributed by atoms with Gasteiger partial charge in [0.15, 0.2) is 0 Å². The van der Waals surface area contributed by atoms with E-state index in [-0.39, 0.29) is 14.9 Å². The van der Waals surface area contributed by atoms with Crippen molar-refractivity contribution in [2.75, 3.05) is 10.6 Å². The Hall–Kier alpha value is -2.62. The lowest BCUT2D eigenvalue weighted by molar-refractivity contribution is 0.889. The van der Waals surface area contributed by atoms with Gasteiger partial charge < -0.3 is 10.6 Å². The van der Waals surface area contributed by atoms with Crippen molar-refractivity contribution in [3.63, 3.8) is 0 Å². The second-order valence-electron chi connectivity index (χ2n) is 6.20. The van der Waals surface area contributed by atoms with E-state index in [1.54, 1.807) is 6.20 Å². The fraction of sp³-hybridized carbons (Fsp3) is 0.364. The number of para-hydroxylation sites is 1. The average Bonchev–Trinajstić information content (AvgIpc) is 2.55. The summed E-state index contributed by atoms with van der Waals surface area (Å²) in [5.74, 6) is 1.89. The number of benzene rings is 1. The first-order valence-corrected chi connectivity index (χ1v) is 8.34. The van der Waals surface area contributed by atoms with Crippen LogP contribution in [-0.4, -0.2) is 22.1 Å². The summed E-state index contributed by atoms with van der Waals surface area (Å²) >= 11 is 0. The van der Waals surface area contributed by atoms with E-state index in [0.29, 0.717) is 12.1 Å². The molecule has 0 unspecified atom stereocenters. The van der Waals surface area contributed by atoms with Crippen molar-refractivity contribution in [1.82, 2.24) is 9.97 Å². The molecule has 0 aliphatic heterocycles. The number of hydrogen-bond acceptors (Lipinski definition) is 4. The fourth-order valence-electron chi connectivity index (χ4n) is 2.19. The summed E-state index contributed by atoms with van der Waals surface area (Å²) in [6, 6.07) is 19.0. The van der Waals surface area contributed by atoms with Gasteiger partial charge >= 0.3 is 0 Å². The van der Waals surface area contributed by atoms with Gasteiger partial charge in [0.05, 0.1) is 5.52 Å². The Kier molecular flexibility index (Phi) is 10.7. The maximum Gasteiger partial charge on any atom is 0.126 e. The number of aromatic nitrogens is 2. The van der Waals surface area contributed by atoms with Crippen molar-refractivity contribution in [1.29, 1.82) is 0 Å². The van der Waals surface area contributed by atoms with Crippen LogP contribution in [0, 0.1) is 0 Å². The van der Waals surface area contributed by atoms with E-state index in [1.807, 2.05) is 42.5 Å². The zero-order chi connectivity index (χ0) is 17.4. The first-order valence-electron chi connectivity index (χ1n) is 8.34. The molecule has 3 rings (SSSR count). The van der Waals surface area contributed by atoms with Crippen molar-refractivity contribution in [3.05, 3.63) is 60.8 Å². The van der Waals surface area contributed by atoms with Crippen LogP contribution in [0.5, 0.6) is 0 Å². The summed E-state index contributed by atoms with van der Waals surface area (Å²) in [4.78, 5) is 8.61. The zero-order valence-electron chi connectivity index (χ0n) is 14.8. The van der Waals surface area contributed by atoms with E-state index < -0.39 is 0 Å². The third-order valence-electron chi connectivity index (χ3n) is 3.14. The smallest absolute Gasteiger partial charge is 0.126 e. The molecule has 0 radical (unpaired) electrons. The number of pyridine rings is 2. The van der Waals surface area contributed by atoms with E-state index >= 15 is 0 Å². The van der Waals surface area contributed by atoms with E-state index in [0.717, 1.165) is 17.2 Å². The van der Waals surface area contributed by atoms with Crippen LogP contribution in [-0.2, 0) is 0 Å². The molecule has 4 heteroatoms.